The smallest absolute Gasteiger partial charge is 0.475 e. The number of nitrogens with zero attached hydrogens (tertiary/aromatic N) is 1. The standard InChI is InChI=1S/C5H10N2O2S.C2HF3O2/c6-10(8,9)7-3-4-1-5(7)2-4;3-2(4,5)1(6)7/h4-5H,1-3H2,(H2,6,8,9);(H,6,7). The van der Waals surface area contributed by atoms with Crippen molar-refractivity contribution in [3.63, 3.8) is 0 Å². The van der Waals surface area contributed by atoms with Gasteiger partial charge in [-0.25, -0.2) is 9.93 Å². The first kappa shape index (κ1) is 14.2. The van der Waals surface area contributed by atoms with Crippen molar-refractivity contribution in [2.45, 2.75) is 25.1 Å². The van der Waals surface area contributed by atoms with Crippen molar-refractivity contribution < 1.29 is 31.5 Å². The van der Waals surface area contributed by atoms with Gasteiger partial charge in [0.05, 0.1) is 0 Å². The number of carbonyl (C=O) groups is 1. The first-order valence-electron chi connectivity index (χ1n) is 4.61. The van der Waals surface area contributed by atoms with Crippen LogP contribution in [0.25, 0.3) is 0 Å². The van der Waals surface area contributed by atoms with Gasteiger partial charge in [0, 0.05) is 12.6 Å². The van der Waals surface area contributed by atoms with Gasteiger partial charge in [-0.3, -0.25) is 0 Å². The normalized spacial score (nSPS) is 28.0. The molecule has 0 aromatic heterocycles. The maximum absolute atomic E-state index is 10.8. The minimum Gasteiger partial charge on any atom is -0.475 e. The Hall–Kier alpha value is -0.870. The van der Waals surface area contributed by atoms with Gasteiger partial charge < -0.3 is 5.11 Å². The van der Waals surface area contributed by atoms with E-state index >= 15 is 0 Å². The van der Waals surface area contributed by atoms with Crippen LogP contribution in [0.1, 0.15) is 12.8 Å². The highest BCUT2D eigenvalue weighted by Gasteiger charge is 2.47. The molecule has 6 nitrogen and oxygen atoms in total. The average Bonchev–Trinajstić information content (AvgIpc) is 2.56. The highest BCUT2D eigenvalue weighted by Crippen LogP contribution is 2.41. The Morgan fingerprint density at radius 2 is 1.76 bits per heavy atom. The number of carboxylic acid groups (broad SMARTS) is 1. The molecule has 3 fully saturated rings. The van der Waals surface area contributed by atoms with Gasteiger partial charge in [0.2, 0.25) is 0 Å². The molecular weight excluding hydrogens is 265 g/mol. The maximum atomic E-state index is 10.8. The molecule has 2 heterocycles. The summed E-state index contributed by atoms with van der Waals surface area (Å²) < 4.78 is 54.7. The minimum atomic E-state index is -5.08. The Morgan fingerprint density at radius 3 is 1.88 bits per heavy atom. The van der Waals surface area contributed by atoms with E-state index in [4.69, 9.17) is 15.0 Å². The maximum Gasteiger partial charge on any atom is 0.490 e. The van der Waals surface area contributed by atoms with Crippen LogP contribution < -0.4 is 5.14 Å². The second kappa shape index (κ2) is 4.42. The summed E-state index contributed by atoms with van der Waals surface area (Å²) in [6, 6.07) is 0.236. The second-order valence-electron chi connectivity index (χ2n) is 3.91. The largest absolute Gasteiger partial charge is 0.490 e. The summed E-state index contributed by atoms with van der Waals surface area (Å²) in [6.45, 7) is 0.656. The SMILES string of the molecule is NS(=O)(=O)N1CC2CC1C2.O=C(O)C(F)(F)F. The molecule has 0 aromatic rings. The van der Waals surface area contributed by atoms with E-state index in [1.54, 1.807) is 0 Å². The Balaban J connectivity index is 0.000000185. The number of aliphatic carboxylic acids is 1. The van der Waals surface area contributed by atoms with Gasteiger partial charge in [-0.15, -0.1) is 0 Å². The van der Waals surface area contributed by atoms with E-state index < -0.39 is 22.4 Å². The molecule has 2 saturated heterocycles. The van der Waals surface area contributed by atoms with E-state index in [0.29, 0.717) is 12.5 Å². The van der Waals surface area contributed by atoms with E-state index in [0.717, 1.165) is 12.8 Å². The van der Waals surface area contributed by atoms with Crippen LogP contribution in [0.3, 0.4) is 0 Å². The highest BCUT2D eigenvalue weighted by molar-refractivity contribution is 7.86. The third kappa shape index (κ3) is 3.54. The third-order valence-corrected chi connectivity index (χ3v) is 3.73. The summed E-state index contributed by atoms with van der Waals surface area (Å²) in [7, 11) is -3.38. The van der Waals surface area contributed by atoms with Gasteiger partial charge in [-0.2, -0.15) is 25.9 Å². The van der Waals surface area contributed by atoms with Crippen molar-refractivity contribution in [1.29, 1.82) is 0 Å². The molecule has 3 rings (SSSR count). The number of carboxylic acids is 1. The molecule has 0 amide bonds. The van der Waals surface area contributed by atoms with Crippen LogP contribution in [0.15, 0.2) is 0 Å². The number of halogens is 3. The molecule has 1 aliphatic carbocycles. The van der Waals surface area contributed by atoms with Crippen LogP contribution in [0.4, 0.5) is 13.2 Å². The van der Waals surface area contributed by atoms with E-state index in [2.05, 4.69) is 0 Å². The van der Waals surface area contributed by atoms with E-state index in [-0.39, 0.29) is 6.04 Å². The summed E-state index contributed by atoms with van der Waals surface area (Å²) in [5, 5.41) is 12.1. The lowest BCUT2D eigenvalue weighted by molar-refractivity contribution is -0.192. The molecule has 0 atom stereocenters. The number of alkyl halides is 3. The fourth-order valence-corrected chi connectivity index (χ4v) is 2.81. The molecule has 3 N–H and O–H groups in total. The quantitative estimate of drug-likeness (QED) is 0.699. The van der Waals surface area contributed by atoms with Crippen molar-refractivity contribution in [1.82, 2.24) is 4.31 Å². The van der Waals surface area contributed by atoms with Crippen LogP contribution >= 0.6 is 0 Å². The topological polar surface area (TPSA) is 101 Å². The molecule has 2 bridgehead atoms. The van der Waals surface area contributed by atoms with Gasteiger partial charge in [-0.1, -0.05) is 0 Å². The van der Waals surface area contributed by atoms with Crippen LogP contribution in [-0.4, -0.2) is 42.6 Å². The predicted molar refractivity (Wildman–Crippen MR) is 50.0 cm³/mol. The fraction of sp³-hybridized carbons (Fsp3) is 0.857. The van der Waals surface area contributed by atoms with Crippen LogP contribution in [0, 0.1) is 5.92 Å². The molecule has 1 saturated carbocycles. The van der Waals surface area contributed by atoms with Crippen molar-refractivity contribution >= 4 is 16.2 Å². The lowest BCUT2D eigenvalue weighted by atomic mass is 9.87. The molecule has 0 unspecified atom stereocenters. The third-order valence-electron chi connectivity index (χ3n) is 2.63. The summed E-state index contributed by atoms with van der Waals surface area (Å²) >= 11 is 0. The summed E-state index contributed by atoms with van der Waals surface area (Å²) in [5.74, 6) is -2.16. The van der Waals surface area contributed by atoms with E-state index in [1.807, 2.05) is 0 Å². The fourth-order valence-electron chi connectivity index (χ4n) is 1.80. The highest BCUT2D eigenvalue weighted by atomic mass is 32.2. The molecular formula is C7H11F3N2O4S. The Bertz CT molecular complexity index is 402. The number of hydrogen-bond acceptors (Lipinski definition) is 3. The molecule has 10 heteroatoms. The lowest BCUT2D eigenvalue weighted by Crippen LogP contribution is -2.38. The number of rotatable bonds is 1. The van der Waals surface area contributed by atoms with Crippen LogP contribution in [-0.2, 0) is 15.0 Å². The van der Waals surface area contributed by atoms with Crippen LogP contribution in [0.2, 0.25) is 0 Å². The first-order valence-corrected chi connectivity index (χ1v) is 6.12. The van der Waals surface area contributed by atoms with Gasteiger partial charge in [-0.05, 0) is 18.8 Å². The summed E-state index contributed by atoms with van der Waals surface area (Å²) in [4.78, 5) is 8.90. The first-order chi connectivity index (χ1) is 7.51. The Labute approximate surface area is 95.4 Å². The lowest BCUT2D eigenvalue weighted by Gasteiger charge is -2.23. The number of hydrogen-bond donors (Lipinski definition) is 2. The number of nitrogens with two attached hydrogens (primary N) is 1. The summed E-state index contributed by atoms with van der Waals surface area (Å²) in [5.41, 5.74) is 0. The van der Waals surface area contributed by atoms with Crippen LogP contribution in [0.5, 0.6) is 0 Å². The Kier molecular flexibility index (Phi) is 3.69. The van der Waals surface area contributed by atoms with Gasteiger partial charge >= 0.3 is 12.1 Å². The molecule has 3 aliphatic rings. The van der Waals surface area contributed by atoms with Crippen molar-refractivity contribution in [3.05, 3.63) is 0 Å². The van der Waals surface area contributed by atoms with E-state index in [1.165, 1.54) is 4.31 Å². The van der Waals surface area contributed by atoms with E-state index in [9.17, 15) is 21.6 Å². The molecule has 100 valence electrons. The molecule has 0 spiro atoms. The Morgan fingerprint density at radius 1 is 1.35 bits per heavy atom. The van der Waals surface area contributed by atoms with Gasteiger partial charge in [0.15, 0.2) is 0 Å². The van der Waals surface area contributed by atoms with Crippen molar-refractivity contribution in [3.8, 4) is 0 Å². The predicted octanol–water partition coefficient (Wildman–Crippen LogP) is -0.0826. The molecule has 0 aromatic carbocycles. The molecule has 2 aliphatic heterocycles. The zero-order chi connectivity index (χ0) is 13.4. The number of fused-ring (bicyclic) bond motifs is 1. The van der Waals surface area contributed by atoms with Crippen molar-refractivity contribution in [2.75, 3.05) is 6.54 Å². The molecule has 0 radical (unpaired) electrons. The van der Waals surface area contributed by atoms with Gasteiger partial charge in [0.25, 0.3) is 10.2 Å². The summed E-state index contributed by atoms with van der Waals surface area (Å²) in [6.07, 6.45) is -3.03. The zero-order valence-electron chi connectivity index (χ0n) is 8.51. The second-order valence-corrected chi connectivity index (χ2v) is 5.41. The monoisotopic (exact) mass is 276 g/mol. The van der Waals surface area contributed by atoms with Crippen molar-refractivity contribution in [2.24, 2.45) is 11.1 Å². The molecule has 17 heavy (non-hydrogen) atoms. The zero-order valence-corrected chi connectivity index (χ0v) is 9.33. The average molecular weight is 276 g/mol. The van der Waals surface area contributed by atoms with Gasteiger partial charge in [0.1, 0.15) is 0 Å². The minimum absolute atomic E-state index is 0.236.